The second kappa shape index (κ2) is 8.00. The summed E-state index contributed by atoms with van der Waals surface area (Å²) >= 11 is 0. The van der Waals surface area contributed by atoms with Crippen molar-refractivity contribution in [1.29, 1.82) is 0 Å². The predicted octanol–water partition coefficient (Wildman–Crippen LogP) is 4.84. The van der Waals surface area contributed by atoms with Gasteiger partial charge in [-0.15, -0.1) is 0 Å². The Morgan fingerprint density at radius 2 is 1.39 bits per heavy atom. The van der Waals surface area contributed by atoms with Gasteiger partial charge in [0, 0.05) is 16.5 Å². The highest BCUT2D eigenvalue weighted by Gasteiger charge is 2.24. The number of benzene rings is 4. The molecule has 0 saturated carbocycles. The Bertz CT molecular complexity index is 1370. The van der Waals surface area contributed by atoms with E-state index in [1.165, 1.54) is 24.3 Å². The number of anilines is 1. The van der Waals surface area contributed by atoms with Gasteiger partial charge in [-0.1, -0.05) is 42.5 Å². The van der Waals surface area contributed by atoms with E-state index in [9.17, 15) is 23.4 Å². The minimum Gasteiger partial charge on any atom is -0.506 e. The first-order valence-electron chi connectivity index (χ1n) is 9.19. The van der Waals surface area contributed by atoms with E-state index in [1.54, 1.807) is 36.4 Å². The zero-order chi connectivity index (χ0) is 22.0. The summed E-state index contributed by atoms with van der Waals surface area (Å²) in [5.74, 6) is -0.739. The van der Waals surface area contributed by atoms with Crippen molar-refractivity contribution in [3.8, 4) is 17.2 Å². The Morgan fingerprint density at radius 3 is 2.03 bits per heavy atom. The summed E-state index contributed by atoms with van der Waals surface area (Å²) in [6.07, 6.45) is 0. The third kappa shape index (κ3) is 4.15. The Hall–Kier alpha value is -4.04. The normalized spacial score (nSPS) is 11.2. The fourth-order valence-corrected chi connectivity index (χ4v) is 4.43. The van der Waals surface area contributed by atoms with Crippen LogP contribution in [0.2, 0.25) is 0 Å². The van der Waals surface area contributed by atoms with E-state index in [0.717, 1.165) is 6.07 Å². The molecule has 156 valence electrons. The summed E-state index contributed by atoms with van der Waals surface area (Å²) in [6.45, 7) is 0. The van der Waals surface area contributed by atoms with Crippen LogP contribution in [0.5, 0.6) is 17.2 Å². The van der Waals surface area contributed by atoms with E-state index in [4.69, 9.17) is 4.74 Å². The highest BCUT2D eigenvalue weighted by molar-refractivity contribution is 7.93. The number of aromatic hydroxyl groups is 1. The number of para-hydroxylation sites is 1. The number of sulfonamides is 1. The summed E-state index contributed by atoms with van der Waals surface area (Å²) in [7, 11) is -4.15. The van der Waals surface area contributed by atoms with Crippen LogP contribution in [-0.2, 0) is 10.0 Å². The van der Waals surface area contributed by atoms with Crippen molar-refractivity contribution in [3.63, 3.8) is 0 Å². The average molecular weight is 435 g/mol. The lowest BCUT2D eigenvalue weighted by molar-refractivity contribution is 0.0693. The summed E-state index contributed by atoms with van der Waals surface area (Å²) in [4.78, 5) is 11.3. The van der Waals surface area contributed by atoms with Crippen LogP contribution in [0.1, 0.15) is 10.4 Å². The standard InChI is InChI=1S/C23H17NO6S/c25-22-19-9-5-4-8-18(19)21(14-20(22)23(26)27)31(28,29)24-15-10-12-17(13-11-15)30-16-6-2-1-3-7-16/h1-14,24-25H,(H,26,27). The molecule has 0 spiro atoms. The maximum Gasteiger partial charge on any atom is 0.339 e. The van der Waals surface area contributed by atoms with Gasteiger partial charge in [-0.05, 0) is 42.5 Å². The lowest BCUT2D eigenvalue weighted by Gasteiger charge is -2.13. The first-order chi connectivity index (χ1) is 14.8. The monoisotopic (exact) mass is 435 g/mol. The lowest BCUT2D eigenvalue weighted by atomic mass is 10.1. The summed E-state index contributed by atoms with van der Waals surface area (Å²) in [5, 5.41) is 20.0. The van der Waals surface area contributed by atoms with Crippen molar-refractivity contribution >= 4 is 32.5 Å². The number of nitrogens with one attached hydrogen (secondary N) is 1. The number of hydrogen-bond acceptors (Lipinski definition) is 5. The molecule has 4 rings (SSSR count). The molecular formula is C23H17NO6S. The number of ether oxygens (including phenoxy) is 1. The van der Waals surface area contributed by atoms with Crippen LogP contribution in [0.15, 0.2) is 89.8 Å². The van der Waals surface area contributed by atoms with Crippen molar-refractivity contribution in [1.82, 2.24) is 0 Å². The second-order valence-electron chi connectivity index (χ2n) is 6.67. The largest absolute Gasteiger partial charge is 0.506 e. The molecule has 0 atom stereocenters. The Kier molecular flexibility index (Phi) is 5.22. The van der Waals surface area contributed by atoms with E-state index < -0.39 is 27.3 Å². The van der Waals surface area contributed by atoms with E-state index in [2.05, 4.69) is 4.72 Å². The van der Waals surface area contributed by atoms with Gasteiger partial charge in [0.2, 0.25) is 0 Å². The summed E-state index contributed by atoms with van der Waals surface area (Å²) in [5.41, 5.74) is -0.222. The quantitative estimate of drug-likeness (QED) is 0.400. The third-order valence-corrected chi connectivity index (χ3v) is 6.00. The number of carboxylic acid groups (broad SMARTS) is 1. The number of hydrogen-bond donors (Lipinski definition) is 3. The number of rotatable bonds is 6. The van der Waals surface area contributed by atoms with Gasteiger partial charge in [0.05, 0.1) is 4.90 Å². The van der Waals surface area contributed by atoms with E-state index in [0.29, 0.717) is 11.5 Å². The topological polar surface area (TPSA) is 113 Å². The van der Waals surface area contributed by atoms with Crippen molar-refractivity contribution < 1.29 is 28.2 Å². The average Bonchev–Trinajstić information content (AvgIpc) is 2.76. The molecule has 0 aromatic heterocycles. The van der Waals surface area contributed by atoms with Crippen molar-refractivity contribution in [3.05, 3.63) is 90.5 Å². The molecule has 0 aliphatic carbocycles. The van der Waals surface area contributed by atoms with Gasteiger partial charge < -0.3 is 14.9 Å². The fourth-order valence-electron chi connectivity index (χ4n) is 3.14. The zero-order valence-corrected chi connectivity index (χ0v) is 16.8. The van der Waals surface area contributed by atoms with Crippen LogP contribution < -0.4 is 9.46 Å². The van der Waals surface area contributed by atoms with Crippen LogP contribution in [0, 0.1) is 0 Å². The Balaban J connectivity index is 1.67. The van der Waals surface area contributed by atoms with Crippen LogP contribution >= 0.6 is 0 Å². The molecule has 3 N–H and O–H groups in total. The summed E-state index contributed by atoms with van der Waals surface area (Å²) < 4.78 is 34.3. The summed E-state index contributed by atoms with van der Waals surface area (Å²) in [6, 6.07) is 22.6. The van der Waals surface area contributed by atoms with Crippen LogP contribution in [0.4, 0.5) is 5.69 Å². The highest BCUT2D eigenvalue weighted by Crippen LogP contribution is 2.35. The molecule has 0 amide bonds. The molecule has 4 aromatic carbocycles. The maximum atomic E-state index is 13.1. The second-order valence-corrected chi connectivity index (χ2v) is 8.32. The van der Waals surface area contributed by atoms with Crippen LogP contribution in [-0.4, -0.2) is 24.6 Å². The highest BCUT2D eigenvalue weighted by atomic mass is 32.2. The van der Waals surface area contributed by atoms with Crippen molar-refractivity contribution in [2.75, 3.05) is 4.72 Å². The first kappa shape index (κ1) is 20.2. The van der Waals surface area contributed by atoms with Gasteiger partial charge in [-0.3, -0.25) is 4.72 Å². The van der Waals surface area contributed by atoms with E-state index in [-0.39, 0.29) is 21.4 Å². The first-order valence-corrected chi connectivity index (χ1v) is 10.7. The number of phenols is 1. The molecule has 7 nitrogen and oxygen atoms in total. The molecule has 31 heavy (non-hydrogen) atoms. The van der Waals surface area contributed by atoms with Crippen molar-refractivity contribution in [2.45, 2.75) is 4.90 Å². The van der Waals surface area contributed by atoms with E-state index in [1.807, 2.05) is 18.2 Å². The van der Waals surface area contributed by atoms with Gasteiger partial charge in [0.15, 0.2) is 0 Å². The molecule has 0 aliphatic rings. The molecule has 0 unspecified atom stereocenters. The molecule has 0 fully saturated rings. The van der Waals surface area contributed by atoms with Gasteiger partial charge in [-0.2, -0.15) is 0 Å². The molecule has 0 heterocycles. The number of carbonyl (C=O) groups is 1. The number of aromatic carboxylic acids is 1. The van der Waals surface area contributed by atoms with Crippen molar-refractivity contribution in [2.24, 2.45) is 0 Å². The maximum absolute atomic E-state index is 13.1. The third-order valence-electron chi connectivity index (χ3n) is 4.58. The minimum atomic E-state index is -4.15. The smallest absolute Gasteiger partial charge is 0.339 e. The van der Waals surface area contributed by atoms with E-state index >= 15 is 0 Å². The van der Waals surface area contributed by atoms with Crippen LogP contribution in [0.25, 0.3) is 10.8 Å². The van der Waals surface area contributed by atoms with Gasteiger partial charge in [0.1, 0.15) is 22.8 Å². The fraction of sp³-hybridized carbons (Fsp3) is 0. The molecule has 0 radical (unpaired) electrons. The molecule has 4 aromatic rings. The molecule has 0 aliphatic heterocycles. The molecular weight excluding hydrogens is 418 g/mol. The molecule has 8 heteroatoms. The molecule has 0 bridgehead atoms. The number of fused-ring (bicyclic) bond motifs is 1. The zero-order valence-electron chi connectivity index (χ0n) is 16.0. The minimum absolute atomic E-state index is 0.134. The Labute approximate surface area is 178 Å². The van der Waals surface area contributed by atoms with Crippen LogP contribution in [0.3, 0.4) is 0 Å². The van der Waals surface area contributed by atoms with Gasteiger partial charge >= 0.3 is 5.97 Å². The Morgan fingerprint density at radius 1 is 0.806 bits per heavy atom. The van der Waals surface area contributed by atoms with Gasteiger partial charge in [0.25, 0.3) is 10.0 Å². The van der Waals surface area contributed by atoms with Gasteiger partial charge in [-0.25, -0.2) is 13.2 Å². The number of carboxylic acids is 1. The molecule has 0 saturated heterocycles. The predicted molar refractivity (Wildman–Crippen MR) is 116 cm³/mol. The SMILES string of the molecule is O=C(O)c1cc(S(=O)(=O)Nc2ccc(Oc3ccccc3)cc2)c2ccccc2c1O. The lowest BCUT2D eigenvalue weighted by Crippen LogP contribution is -2.14.